The van der Waals surface area contributed by atoms with Gasteiger partial charge in [0.25, 0.3) is 0 Å². The van der Waals surface area contributed by atoms with Crippen LogP contribution in [0.2, 0.25) is 0 Å². The molecule has 0 atom stereocenters. The van der Waals surface area contributed by atoms with Crippen LogP contribution < -0.4 is 0 Å². The first kappa shape index (κ1) is 17.9. The fourth-order valence-corrected chi connectivity index (χ4v) is 4.01. The first-order valence-corrected chi connectivity index (χ1v) is 9.94. The Balaban J connectivity index is 1.62. The Kier molecular flexibility index (Phi) is 8.38. The van der Waals surface area contributed by atoms with Crippen molar-refractivity contribution in [2.75, 3.05) is 6.61 Å². The van der Waals surface area contributed by atoms with E-state index in [0.29, 0.717) is 17.9 Å². The van der Waals surface area contributed by atoms with Crippen LogP contribution >= 0.6 is 0 Å². The largest absolute Gasteiger partial charge is 0.378 e. The minimum absolute atomic E-state index is 0.522. The standard InChI is InChI=1S/C21H36O/c1-3-5-17-22-21-15-13-20(14-16-21)12-11-19-9-7-18(6-4-2)8-10-19/h18-21H,3-10,13-17H2,1-2H3. The lowest BCUT2D eigenvalue weighted by atomic mass is 9.80. The van der Waals surface area contributed by atoms with Crippen molar-refractivity contribution in [3.8, 4) is 11.8 Å². The van der Waals surface area contributed by atoms with Gasteiger partial charge in [0, 0.05) is 18.4 Å². The lowest BCUT2D eigenvalue weighted by molar-refractivity contribution is 0.0216. The maximum absolute atomic E-state index is 5.95. The number of unbranched alkanes of at least 4 members (excludes halogenated alkanes) is 1. The van der Waals surface area contributed by atoms with Gasteiger partial charge in [0.2, 0.25) is 0 Å². The number of hydrogen-bond donors (Lipinski definition) is 0. The van der Waals surface area contributed by atoms with Crippen LogP contribution in [0.3, 0.4) is 0 Å². The Bertz CT molecular complexity index is 335. The van der Waals surface area contributed by atoms with Crippen molar-refractivity contribution in [2.45, 2.75) is 97.0 Å². The molecule has 0 spiro atoms. The highest BCUT2D eigenvalue weighted by atomic mass is 16.5. The first-order valence-electron chi connectivity index (χ1n) is 9.94. The van der Waals surface area contributed by atoms with Crippen LogP contribution in [0.4, 0.5) is 0 Å². The molecule has 2 fully saturated rings. The summed E-state index contributed by atoms with van der Waals surface area (Å²) in [4.78, 5) is 0. The molecule has 126 valence electrons. The molecule has 0 heterocycles. The highest BCUT2D eigenvalue weighted by molar-refractivity contribution is 5.09. The van der Waals surface area contributed by atoms with E-state index in [1.54, 1.807) is 0 Å². The summed E-state index contributed by atoms with van der Waals surface area (Å²) in [5.41, 5.74) is 0. The molecule has 22 heavy (non-hydrogen) atoms. The summed E-state index contributed by atoms with van der Waals surface area (Å²) in [6.45, 7) is 5.50. The zero-order valence-corrected chi connectivity index (χ0v) is 14.9. The molecule has 0 unspecified atom stereocenters. The summed E-state index contributed by atoms with van der Waals surface area (Å²) in [7, 11) is 0. The van der Waals surface area contributed by atoms with E-state index < -0.39 is 0 Å². The van der Waals surface area contributed by atoms with Crippen molar-refractivity contribution in [3.05, 3.63) is 0 Å². The molecule has 0 saturated heterocycles. The molecule has 0 aromatic heterocycles. The van der Waals surface area contributed by atoms with Crippen molar-refractivity contribution in [2.24, 2.45) is 17.8 Å². The van der Waals surface area contributed by atoms with E-state index in [1.807, 2.05) is 0 Å². The maximum atomic E-state index is 5.95. The highest BCUT2D eigenvalue weighted by Gasteiger charge is 2.21. The van der Waals surface area contributed by atoms with Gasteiger partial charge in [0.1, 0.15) is 0 Å². The van der Waals surface area contributed by atoms with E-state index >= 15 is 0 Å². The molecular weight excluding hydrogens is 268 g/mol. The number of ether oxygens (including phenoxy) is 1. The normalized spacial score (nSPS) is 32.3. The fraction of sp³-hybridized carbons (Fsp3) is 0.905. The summed E-state index contributed by atoms with van der Waals surface area (Å²) in [5.74, 6) is 9.60. The molecule has 0 bridgehead atoms. The van der Waals surface area contributed by atoms with Crippen molar-refractivity contribution >= 4 is 0 Å². The van der Waals surface area contributed by atoms with Crippen LogP contribution in [0, 0.1) is 29.6 Å². The van der Waals surface area contributed by atoms with Gasteiger partial charge >= 0.3 is 0 Å². The van der Waals surface area contributed by atoms with Crippen molar-refractivity contribution in [3.63, 3.8) is 0 Å². The topological polar surface area (TPSA) is 9.23 Å². The van der Waals surface area contributed by atoms with Crippen molar-refractivity contribution in [1.29, 1.82) is 0 Å². The molecule has 1 heteroatoms. The molecule has 0 N–H and O–H groups in total. The Labute approximate surface area is 138 Å². The van der Waals surface area contributed by atoms with E-state index in [4.69, 9.17) is 4.74 Å². The van der Waals surface area contributed by atoms with Gasteiger partial charge in [-0.25, -0.2) is 0 Å². The van der Waals surface area contributed by atoms with E-state index in [9.17, 15) is 0 Å². The second-order valence-electron chi connectivity index (χ2n) is 7.49. The van der Waals surface area contributed by atoms with Gasteiger partial charge in [-0.3, -0.25) is 0 Å². The van der Waals surface area contributed by atoms with E-state index in [1.165, 1.54) is 77.0 Å². The van der Waals surface area contributed by atoms with E-state index in [2.05, 4.69) is 25.7 Å². The molecule has 0 radical (unpaired) electrons. The third kappa shape index (κ3) is 6.33. The van der Waals surface area contributed by atoms with Gasteiger partial charge in [-0.15, -0.1) is 0 Å². The second kappa shape index (κ2) is 10.3. The van der Waals surface area contributed by atoms with Gasteiger partial charge in [-0.1, -0.05) is 45.0 Å². The smallest absolute Gasteiger partial charge is 0.0576 e. The first-order chi connectivity index (χ1) is 10.8. The zero-order chi connectivity index (χ0) is 15.6. The summed E-state index contributed by atoms with van der Waals surface area (Å²) in [6.07, 6.45) is 16.3. The molecule has 0 amide bonds. The SMILES string of the molecule is CCCCOC1CCC(C#CC2CCC(CCC)CC2)CC1. The third-order valence-electron chi connectivity index (χ3n) is 5.56. The monoisotopic (exact) mass is 304 g/mol. The molecule has 2 aliphatic carbocycles. The van der Waals surface area contributed by atoms with Crippen LogP contribution in [0.5, 0.6) is 0 Å². The summed E-state index contributed by atoms with van der Waals surface area (Å²) >= 11 is 0. The predicted molar refractivity (Wildman–Crippen MR) is 94.7 cm³/mol. The molecule has 2 rings (SSSR count). The average Bonchev–Trinajstić information content (AvgIpc) is 2.56. The van der Waals surface area contributed by atoms with Crippen LogP contribution in [0.1, 0.15) is 90.9 Å². The summed E-state index contributed by atoms with van der Waals surface area (Å²) in [5, 5.41) is 0. The van der Waals surface area contributed by atoms with Gasteiger partial charge in [0.15, 0.2) is 0 Å². The molecule has 2 aliphatic rings. The van der Waals surface area contributed by atoms with Crippen LogP contribution in [0.25, 0.3) is 0 Å². The van der Waals surface area contributed by atoms with Gasteiger partial charge in [0.05, 0.1) is 6.10 Å². The molecule has 0 aromatic carbocycles. The number of hydrogen-bond acceptors (Lipinski definition) is 1. The fourth-order valence-electron chi connectivity index (χ4n) is 4.01. The third-order valence-corrected chi connectivity index (χ3v) is 5.56. The molecule has 2 saturated carbocycles. The molecule has 0 aromatic rings. The van der Waals surface area contributed by atoms with Crippen molar-refractivity contribution in [1.82, 2.24) is 0 Å². The zero-order valence-electron chi connectivity index (χ0n) is 14.9. The molecular formula is C21H36O. The average molecular weight is 305 g/mol. The van der Waals surface area contributed by atoms with Gasteiger partial charge in [-0.2, -0.15) is 0 Å². The van der Waals surface area contributed by atoms with Crippen molar-refractivity contribution < 1.29 is 4.74 Å². The second-order valence-corrected chi connectivity index (χ2v) is 7.49. The summed E-state index contributed by atoms with van der Waals surface area (Å²) in [6, 6.07) is 0. The Hall–Kier alpha value is -0.480. The highest BCUT2D eigenvalue weighted by Crippen LogP contribution is 2.32. The molecule has 0 aliphatic heterocycles. The van der Waals surface area contributed by atoms with Crippen LogP contribution in [-0.2, 0) is 4.74 Å². The minimum atomic E-state index is 0.522. The predicted octanol–water partition coefficient (Wildman–Crippen LogP) is 5.97. The summed E-state index contributed by atoms with van der Waals surface area (Å²) < 4.78 is 5.95. The quantitative estimate of drug-likeness (QED) is 0.434. The molecule has 1 nitrogen and oxygen atoms in total. The Morgan fingerprint density at radius 3 is 1.91 bits per heavy atom. The van der Waals surface area contributed by atoms with Crippen LogP contribution in [-0.4, -0.2) is 12.7 Å². The maximum Gasteiger partial charge on any atom is 0.0576 e. The van der Waals surface area contributed by atoms with E-state index in [0.717, 1.165) is 12.5 Å². The Morgan fingerprint density at radius 1 is 0.773 bits per heavy atom. The van der Waals surface area contributed by atoms with Gasteiger partial charge in [-0.05, 0) is 63.7 Å². The lowest BCUT2D eigenvalue weighted by Gasteiger charge is -2.27. The minimum Gasteiger partial charge on any atom is -0.378 e. The van der Waals surface area contributed by atoms with Crippen LogP contribution in [0.15, 0.2) is 0 Å². The lowest BCUT2D eigenvalue weighted by Crippen LogP contribution is -2.21. The van der Waals surface area contributed by atoms with Gasteiger partial charge < -0.3 is 4.74 Å². The number of rotatable bonds is 6. The Morgan fingerprint density at radius 2 is 1.36 bits per heavy atom. The van der Waals surface area contributed by atoms with E-state index in [-0.39, 0.29) is 0 Å².